The van der Waals surface area contributed by atoms with Gasteiger partial charge in [-0.05, 0) is 13.0 Å². The molecular weight excluding hydrogens is 340 g/mol. The summed E-state index contributed by atoms with van der Waals surface area (Å²) >= 11 is 0. The molecule has 1 fully saturated rings. The summed E-state index contributed by atoms with van der Waals surface area (Å²) in [6.45, 7) is 10.4. The molecule has 7 heteroatoms. The highest BCUT2D eigenvalue weighted by atomic mass is 16.2. The number of nitrogens with one attached hydrogen (secondary N) is 1. The van der Waals surface area contributed by atoms with Gasteiger partial charge in [0.05, 0.1) is 24.1 Å². The molecule has 1 saturated heterocycles. The molecule has 27 heavy (non-hydrogen) atoms. The Balaban J connectivity index is 1.61. The zero-order valence-corrected chi connectivity index (χ0v) is 16.6. The lowest BCUT2D eigenvalue weighted by atomic mass is 9.88. The van der Waals surface area contributed by atoms with Gasteiger partial charge >= 0.3 is 0 Å². The Kier molecular flexibility index (Phi) is 4.52. The fourth-order valence-electron chi connectivity index (χ4n) is 4.12. The van der Waals surface area contributed by atoms with Gasteiger partial charge in [-0.25, -0.2) is 0 Å². The van der Waals surface area contributed by atoms with Crippen molar-refractivity contribution in [2.45, 2.75) is 32.2 Å². The third-order valence-electron chi connectivity index (χ3n) is 5.57. The summed E-state index contributed by atoms with van der Waals surface area (Å²) in [7, 11) is 1.89. The number of hydrogen-bond acceptors (Lipinski definition) is 5. The fourth-order valence-corrected chi connectivity index (χ4v) is 4.12. The van der Waals surface area contributed by atoms with Crippen molar-refractivity contribution in [3.63, 3.8) is 0 Å². The number of pyridine rings is 1. The summed E-state index contributed by atoms with van der Waals surface area (Å²) in [5, 5.41) is 7.67. The Morgan fingerprint density at radius 1 is 1.37 bits per heavy atom. The van der Waals surface area contributed by atoms with E-state index in [9.17, 15) is 4.79 Å². The summed E-state index contributed by atoms with van der Waals surface area (Å²) in [4.78, 5) is 22.0. The zero-order chi connectivity index (χ0) is 19.2. The van der Waals surface area contributed by atoms with Gasteiger partial charge in [-0.2, -0.15) is 5.10 Å². The minimum Gasteiger partial charge on any atom is -0.312 e. The highest BCUT2D eigenvalue weighted by Gasteiger charge is 2.39. The molecule has 2 aromatic rings. The van der Waals surface area contributed by atoms with Crippen LogP contribution in [0, 0.1) is 0 Å². The first-order valence-corrected chi connectivity index (χ1v) is 9.59. The Morgan fingerprint density at radius 2 is 2.19 bits per heavy atom. The van der Waals surface area contributed by atoms with Crippen LogP contribution in [0.3, 0.4) is 0 Å². The number of nitrogens with zero attached hydrogens (tertiary/aromatic N) is 5. The molecule has 0 spiro atoms. The maximum Gasteiger partial charge on any atom is 0.241 e. The van der Waals surface area contributed by atoms with Crippen LogP contribution in [0.25, 0.3) is 11.3 Å². The Bertz CT molecular complexity index is 858. The molecule has 1 atom stereocenters. The molecule has 2 aliphatic rings. The summed E-state index contributed by atoms with van der Waals surface area (Å²) in [6.07, 6.45) is 5.68. The van der Waals surface area contributed by atoms with Gasteiger partial charge in [0.25, 0.3) is 0 Å². The molecule has 4 rings (SSSR count). The number of aromatic nitrogens is 3. The number of aryl methyl sites for hydroxylation is 1. The van der Waals surface area contributed by atoms with E-state index in [0.717, 1.165) is 42.1 Å². The normalized spacial score (nSPS) is 22.1. The van der Waals surface area contributed by atoms with E-state index < -0.39 is 0 Å². The number of carbonyl (C=O) groups excluding carboxylic acids is 1. The van der Waals surface area contributed by atoms with E-state index in [4.69, 9.17) is 0 Å². The molecule has 2 aliphatic heterocycles. The SMILES string of the molecule is CC1CN(CC(=O)N2CC(C)(C)c3cnc(-c4cnn(C)c4)cc32)CCN1. The Labute approximate surface area is 160 Å². The Hall–Kier alpha value is -2.25. The molecule has 7 nitrogen and oxygen atoms in total. The largest absolute Gasteiger partial charge is 0.312 e. The molecule has 4 heterocycles. The smallest absolute Gasteiger partial charge is 0.241 e. The van der Waals surface area contributed by atoms with E-state index in [2.05, 4.69) is 41.1 Å². The van der Waals surface area contributed by atoms with E-state index in [-0.39, 0.29) is 11.3 Å². The van der Waals surface area contributed by atoms with Crippen LogP contribution in [-0.2, 0) is 17.3 Å². The second-order valence-electron chi connectivity index (χ2n) is 8.44. The lowest BCUT2D eigenvalue weighted by Gasteiger charge is -2.32. The standard InChI is InChI=1S/C20H28N6O/c1-14-10-25(6-5-21-14)12-19(27)26-13-20(2,3)16-9-22-17(7-18(16)26)15-8-23-24(4)11-15/h7-9,11,14,21H,5-6,10,12-13H2,1-4H3. The van der Waals surface area contributed by atoms with Crippen molar-refractivity contribution in [3.05, 3.63) is 30.2 Å². The fraction of sp³-hybridized carbons (Fsp3) is 0.550. The van der Waals surface area contributed by atoms with Crippen LogP contribution in [0.1, 0.15) is 26.3 Å². The highest BCUT2D eigenvalue weighted by molar-refractivity contribution is 5.98. The molecule has 0 aromatic carbocycles. The monoisotopic (exact) mass is 368 g/mol. The molecule has 2 aromatic heterocycles. The number of anilines is 1. The van der Waals surface area contributed by atoms with E-state index in [0.29, 0.717) is 19.1 Å². The van der Waals surface area contributed by atoms with Crippen molar-refractivity contribution >= 4 is 11.6 Å². The molecular formula is C20H28N6O. The van der Waals surface area contributed by atoms with Crippen molar-refractivity contribution in [2.24, 2.45) is 7.05 Å². The zero-order valence-electron chi connectivity index (χ0n) is 16.6. The highest BCUT2D eigenvalue weighted by Crippen LogP contribution is 2.41. The third kappa shape index (κ3) is 3.49. The van der Waals surface area contributed by atoms with E-state index in [1.165, 1.54) is 0 Å². The van der Waals surface area contributed by atoms with Gasteiger partial charge in [0.1, 0.15) is 0 Å². The summed E-state index contributed by atoms with van der Waals surface area (Å²) < 4.78 is 1.77. The van der Waals surface area contributed by atoms with E-state index in [1.54, 1.807) is 4.68 Å². The number of rotatable bonds is 3. The molecule has 0 radical (unpaired) electrons. The van der Waals surface area contributed by atoms with Crippen LogP contribution in [-0.4, -0.2) is 64.3 Å². The summed E-state index contributed by atoms with van der Waals surface area (Å²) in [6, 6.07) is 2.47. The van der Waals surface area contributed by atoms with Crippen LogP contribution in [0.2, 0.25) is 0 Å². The average Bonchev–Trinajstić information content (AvgIpc) is 3.16. The number of piperazine rings is 1. The average molecular weight is 368 g/mol. The number of amides is 1. The van der Waals surface area contributed by atoms with Gasteiger partial charge in [0, 0.05) is 68.2 Å². The first-order valence-electron chi connectivity index (χ1n) is 9.59. The maximum atomic E-state index is 13.1. The number of carbonyl (C=O) groups is 1. The second-order valence-corrected chi connectivity index (χ2v) is 8.44. The van der Waals surface area contributed by atoms with Gasteiger partial charge in [-0.1, -0.05) is 13.8 Å². The third-order valence-corrected chi connectivity index (χ3v) is 5.57. The molecule has 144 valence electrons. The van der Waals surface area contributed by atoms with E-state index >= 15 is 0 Å². The second kappa shape index (κ2) is 6.73. The van der Waals surface area contributed by atoms with Crippen molar-refractivity contribution < 1.29 is 4.79 Å². The van der Waals surface area contributed by atoms with Crippen LogP contribution in [0.15, 0.2) is 24.7 Å². The lowest BCUT2D eigenvalue weighted by Crippen LogP contribution is -2.52. The van der Waals surface area contributed by atoms with Crippen LogP contribution >= 0.6 is 0 Å². The quantitative estimate of drug-likeness (QED) is 0.887. The first kappa shape index (κ1) is 18.1. The van der Waals surface area contributed by atoms with Crippen molar-refractivity contribution in [1.82, 2.24) is 25.0 Å². The van der Waals surface area contributed by atoms with Crippen LogP contribution in [0.5, 0.6) is 0 Å². The summed E-state index contributed by atoms with van der Waals surface area (Å²) in [5.41, 5.74) is 3.85. The summed E-state index contributed by atoms with van der Waals surface area (Å²) in [5.74, 6) is 0.166. The van der Waals surface area contributed by atoms with E-state index in [1.807, 2.05) is 36.6 Å². The molecule has 1 N–H and O–H groups in total. The molecule has 0 saturated carbocycles. The van der Waals surface area contributed by atoms with Gasteiger partial charge < -0.3 is 10.2 Å². The van der Waals surface area contributed by atoms with Crippen LogP contribution < -0.4 is 10.2 Å². The van der Waals surface area contributed by atoms with Gasteiger partial charge in [-0.3, -0.25) is 19.4 Å². The van der Waals surface area contributed by atoms with Crippen LogP contribution in [0.4, 0.5) is 5.69 Å². The number of hydrogen-bond donors (Lipinski definition) is 1. The maximum absolute atomic E-state index is 13.1. The predicted octanol–water partition coefficient (Wildman–Crippen LogP) is 1.40. The first-order chi connectivity index (χ1) is 12.8. The molecule has 0 aliphatic carbocycles. The minimum atomic E-state index is -0.0950. The lowest BCUT2D eigenvalue weighted by molar-refractivity contribution is -0.120. The van der Waals surface area contributed by atoms with Crippen molar-refractivity contribution in [2.75, 3.05) is 37.6 Å². The molecule has 1 amide bonds. The molecule has 1 unspecified atom stereocenters. The topological polar surface area (TPSA) is 66.3 Å². The van der Waals surface area contributed by atoms with Gasteiger partial charge in [0.2, 0.25) is 5.91 Å². The van der Waals surface area contributed by atoms with Crippen molar-refractivity contribution in [3.8, 4) is 11.3 Å². The molecule has 0 bridgehead atoms. The number of fused-ring (bicyclic) bond motifs is 1. The van der Waals surface area contributed by atoms with Gasteiger partial charge in [-0.15, -0.1) is 0 Å². The van der Waals surface area contributed by atoms with Gasteiger partial charge in [0.15, 0.2) is 0 Å². The predicted molar refractivity (Wildman–Crippen MR) is 106 cm³/mol. The minimum absolute atomic E-state index is 0.0950. The van der Waals surface area contributed by atoms with Crippen molar-refractivity contribution in [1.29, 1.82) is 0 Å². The Morgan fingerprint density at radius 3 is 2.89 bits per heavy atom.